The summed E-state index contributed by atoms with van der Waals surface area (Å²) in [6, 6.07) is 20.8. The lowest BCUT2D eigenvalue weighted by Crippen LogP contribution is -1.94. The van der Waals surface area contributed by atoms with Crippen LogP contribution in [-0.4, -0.2) is 11.7 Å². The van der Waals surface area contributed by atoms with E-state index in [1.807, 2.05) is 31.2 Å². The standard InChI is InChI=1S/C26H23N3O/c1-16-21(4-3-5-25(16)28)24-15-29(19-8-10-20(30-2)11-9-19)26-13-22(17-6-7-17)18(14-27)12-23(24)26/h3-5,8-13,15,17H,6-7,28H2,1-2H3. The molecular weight excluding hydrogens is 370 g/mol. The van der Waals surface area contributed by atoms with Crippen LogP contribution >= 0.6 is 0 Å². The molecule has 30 heavy (non-hydrogen) atoms. The molecule has 1 aromatic heterocycles. The average Bonchev–Trinajstić information content (AvgIpc) is 3.56. The molecule has 4 heteroatoms. The van der Waals surface area contributed by atoms with Gasteiger partial charge in [-0.25, -0.2) is 0 Å². The highest BCUT2D eigenvalue weighted by atomic mass is 16.5. The Morgan fingerprint density at radius 3 is 2.50 bits per heavy atom. The Balaban J connectivity index is 1.81. The molecule has 4 nitrogen and oxygen atoms in total. The average molecular weight is 393 g/mol. The van der Waals surface area contributed by atoms with Crippen molar-refractivity contribution in [1.82, 2.24) is 4.57 Å². The number of nitrogens with zero attached hydrogens (tertiary/aromatic N) is 2. The highest BCUT2D eigenvalue weighted by Crippen LogP contribution is 2.45. The van der Waals surface area contributed by atoms with E-state index in [4.69, 9.17) is 10.5 Å². The SMILES string of the molecule is COc1ccc(-n2cc(-c3cccc(N)c3C)c3cc(C#N)c(C4CC4)cc32)cc1. The van der Waals surface area contributed by atoms with Crippen LogP contribution in [0.25, 0.3) is 27.7 Å². The molecular formula is C26H23N3O. The number of benzene rings is 3. The van der Waals surface area contributed by atoms with Gasteiger partial charge in [0.2, 0.25) is 0 Å². The van der Waals surface area contributed by atoms with E-state index in [2.05, 4.69) is 47.2 Å². The van der Waals surface area contributed by atoms with Gasteiger partial charge in [0.1, 0.15) is 5.75 Å². The van der Waals surface area contributed by atoms with Crippen molar-refractivity contribution in [1.29, 1.82) is 5.26 Å². The summed E-state index contributed by atoms with van der Waals surface area (Å²) >= 11 is 0. The summed E-state index contributed by atoms with van der Waals surface area (Å²) in [6.45, 7) is 2.05. The number of fused-ring (bicyclic) bond motifs is 1. The number of ether oxygens (including phenoxy) is 1. The van der Waals surface area contributed by atoms with Gasteiger partial charge in [-0.3, -0.25) is 0 Å². The summed E-state index contributed by atoms with van der Waals surface area (Å²) in [7, 11) is 1.67. The molecule has 0 radical (unpaired) electrons. The molecule has 4 aromatic rings. The molecule has 1 aliphatic carbocycles. The summed E-state index contributed by atoms with van der Waals surface area (Å²) in [5.41, 5.74) is 14.3. The Labute approximate surface area is 176 Å². The molecule has 0 unspecified atom stereocenters. The Morgan fingerprint density at radius 2 is 1.83 bits per heavy atom. The van der Waals surface area contributed by atoms with Crippen LogP contribution < -0.4 is 10.5 Å². The fraction of sp³-hybridized carbons (Fsp3) is 0.192. The van der Waals surface area contributed by atoms with E-state index >= 15 is 0 Å². The molecule has 5 rings (SSSR count). The fourth-order valence-electron chi connectivity index (χ4n) is 4.23. The van der Waals surface area contributed by atoms with Crippen molar-refractivity contribution in [2.45, 2.75) is 25.7 Å². The van der Waals surface area contributed by atoms with Crippen LogP contribution in [0.15, 0.2) is 60.8 Å². The van der Waals surface area contributed by atoms with E-state index in [0.29, 0.717) is 5.92 Å². The van der Waals surface area contributed by atoms with Crippen molar-refractivity contribution in [3.63, 3.8) is 0 Å². The van der Waals surface area contributed by atoms with Gasteiger partial charge in [0.15, 0.2) is 0 Å². The Kier molecular flexibility index (Phi) is 4.25. The number of rotatable bonds is 4. The molecule has 1 fully saturated rings. The van der Waals surface area contributed by atoms with E-state index in [1.54, 1.807) is 7.11 Å². The quantitative estimate of drug-likeness (QED) is 0.436. The first-order chi connectivity index (χ1) is 14.6. The molecule has 0 amide bonds. The minimum absolute atomic E-state index is 0.501. The smallest absolute Gasteiger partial charge is 0.119 e. The highest BCUT2D eigenvalue weighted by Gasteiger charge is 2.28. The van der Waals surface area contributed by atoms with Crippen LogP contribution in [0.3, 0.4) is 0 Å². The molecule has 0 atom stereocenters. The zero-order chi connectivity index (χ0) is 20.8. The lowest BCUT2D eigenvalue weighted by atomic mass is 9.95. The van der Waals surface area contributed by atoms with E-state index in [9.17, 15) is 5.26 Å². The molecule has 2 N–H and O–H groups in total. The van der Waals surface area contributed by atoms with Crippen LogP contribution in [0.2, 0.25) is 0 Å². The number of nitrogens with two attached hydrogens (primary N) is 1. The van der Waals surface area contributed by atoms with Gasteiger partial charge >= 0.3 is 0 Å². The molecule has 148 valence electrons. The highest BCUT2D eigenvalue weighted by molar-refractivity contribution is 5.99. The van der Waals surface area contributed by atoms with Gasteiger partial charge in [-0.05, 0) is 84.8 Å². The maximum absolute atomic E-state index is 9.81. The molecule has 0 aliphatic heterocycles. The maximum atomic E-state index is 9.81. The molecule has 3 aromatic carbocycles. The number of methoxy groups -OCH3 is 1. The fourth-order valence-corrected chi connectivity index (χ4v) is 4.23. The number of nitrogen functional groups attached to an aromatic ring is 1. The van der Waals surface area contributed by atoms with Gasteiger partial charge in [-0.1, -0.05) is 12.1 Å². The van der Waals surface area contributed by atoms with Crippen LogP contribution in [0.5, 0.6) is 5.75 Å². The third-order valence-electron chi connectivity index (χ3n) is 6.13. The van der Waals surface area contributed by atoms with Gasteiger partial charge in [-0.2, -0.15) is 5.26 Å². The third-order valence-corrected chi connectivity index (χ3v) is 6.13. The van der Waals surface area contributed by atoms with Crippen LogP contribution in [-0.2, 0) is 0 Å². The van der Waals surface area contributed by atoms with Crippen molar-refractivity contribution in [3.8, 4) is 28.6 Å². The van der Waals surface area contributed by atoms with Gasteiger partial charge < -0.3 is 15.0 Å². The predicted octanol–water partition coefficient (Wildman–Crippen LogP) is 5.95. The number of aromatic nitrogens is 1. The summed E-state index contributed by atoms with van der Waals surface area (Å²) in [5.74, 6) is 1.33. The monoisotopic (exact) mass is 393 g/mol. The van der Waals surface area contributed by atoms with Gasteiger partial charge in [0, 0.05) is 28.5 Å². The maximum Gasteiger partial charge on any atom is 0.119 e. The number of hydrogen-bond donors (Lipinski definition) is 1. The molecule has 1 heterocycles. The Morgan fingerprint density at radius 1 is 1.07 bits per heavy atom. The normalized spacial score (nSPS) is 13.4. The van der Waals surface area contributed by atoms with E-state index in [0.717, 1.165) is 68.7 Å². The summed E-state index contributed by atoms with van der Waals surface area (Å²) in [6.07, 6.45) is 4.47. The summed E-state index contributed by atoms with van der Waals surface area (Å²) < 4.78 is 7.53. The summed E-state index contributed by atoms with van der Waals surface area (Å²) in [4.78, 5) is 0. The largest absolute Gasteiger partial charge is 0.497 e. The predicted molar refractivity (Wildman–Crippen MR) is 121 cm³/mol. The van der Waals surface area contributed by atoms with Crippen molar-refractivity contribution in [3.05, 3.63) is 77.5 Å². The van der Waals surface area contributed by atoms with E-state index in [1.165, 1.54) is 0 Å². The third kappa shape index (κ3) is 2.91. The Hall–Kier alpha value is -3.71. The van der Waals surface area contributed by atoms with Crippen LogP contribution in [0, 0.1) is 18.3 Å². The molecule has 1 saturated carbocycles. The van der Waals surface area contributed by atoms with Gasteiger partial charge in [-0.15, -0.1) is 0 Å². The minimum Gasteiger partial charge on any atom is -0.497 e. The zero-order valence-electron chi connectivity index (χ0n) is 17.1. The van der Waals surface area contributed by atoms with Crippen molar-refractivity contribution in [2.75, 3.05) is 12.8 Å². The van der Waals surface area contributed by atoms with E-state index < -0.39 is 0 Å². The topological polar surface area (TPSA) is 64.0 Å². The second-order valence-electron chi connectivity index (χ2n) is 7.97. The number of nitriles is 1. The van der Waals surface area contributed by atoms with Gasteiger partial charge in [0.25, 0.3) is 0 Å². The molecule has 0 bridgehead atoms. The molecule has 0 saturated heterocycles. The first-order valence-electron chi connectivity index (χ1n) is 10.2. The summed E-state index contributed by atoms with van der Waals surface area (Å²) in [5, 5.41) is 10.9. The van der Waals surface area contributed by atoms with Crippen molar-refractivity contribution < 1.29 is 4.74 Å². The van der Waals surface area contributed by atoms with Crippen molar-refractivity contribution in [2.24, 2.45) is 0 Å². The van der Waals surface area contributed by atoms with Crippen LogP contribution in [0.4, 0.5) is 5.69 Å². The first-order valence-corrected chi connectivity index (χ1v) is 10.2. The second kappa shape index (κ2) is 6.96. The second-order valence-corrected chi connectivity index (χ2v) is 7.97. The molecule has 1 aliphatic rings. The number of anilines is 1. The Bertz CT molecular complexity index is 1310. The van der Waals surface area contributed by atoms with Gasteiger partial charge in [0.05, 0.1) is 24.3 Å². The van der Waals surface area contributed by atoms with E-state index in [-0.39, 0.29) is 0 Å². The molecule has 0 spiro atoms. The first kappa shape index (κ1) is 18.3. The van der Waals surface area contributed by atoms with Crippen molar-refractivity contribution >= 4 is 16.6 Å². The minimum atomic E-state index is 0.501. The number of hydrogen-bond acceptors (Lipinski definition) is 3. The lowest BCUT2D eigenvalue weighted by molar-refractivity contribution is 0.415. The zero-order valence-corrected chi connectivity index (χ0v) is 17.1. The van der Waals surface area contributed by atoms with Crippen LogP contribution in [0.1, 0.15) is 35.4 Å². The lowest BCUT2D eigenvalue weighted by Gasteiger charge is -2.09.